The van der Waals surface area contributed by atoms with Crippen molar-refractivity contribution in [2.24, 2.45) is 0 Å². The molecule has 0 saturated heterocycles. The van der Waals surface area contributed by atoms with Crippen molar-refractivity contribution in [2.45, 2.75) is 32.7 Å². The standard InChI is InChI=1S/C17H20F2N2/c1-3-7-21-17(15-6-8-20-11-12(15)2)9-13-4-5-14(18)10-16(13)19/h4-6,8,10-11,17,21H,3,7,9H2,1-2H3. The minimum atomic E-state index is -0.547. The Morgan fingerprint density at radius 3 is 2.71 bits per heavy atom. The van der Waals surface area contributed by atoms with Crippen LogP contribution in [0.1, 0.15) is 36.1 Å². The van der Waals surface area contributed by atoms with Gasteiger partial charge in [0.2, 0.25) is 0 Å². The van der Waals surface area contributed by atoms with E-state index in [-0.39, 0.29) is 6.04 Å². The average molecular weight is 290 g/mol. The van der Waals surface area contributed by atoms with Crippen LogP contribution in [0.4, 0.5) is 8.78 Å². The first kappa shape index (κ1) is 15.6. The van der Waals surface area contributed by atoms with E-state index in [1.165, 1.54) is 12.1 Å². The number of nitrogens with zero attached hydrogens (tertiary/aromatic N) is 1. The van der Waals surface area contributed by atoms with E-state index in [4.69, 9.17) is 0 Å². The van der Waals surface area contributed by atoms with E-state index in [1.54, 1.807) is 12.4 Å². The van der Waals surface area contributed by atoms with Crippen molar-refractivity contribution in [1.82, 2.24) is 10.3 Å². The zero-order valence-electron chi connectivity index (χ0n) is 12.4. The fraction of sp³-hybridized carbons (Fsp3) is 0.353. The number of benzene rings is 1. The van der Waals surface area contributed by atoms with Crippen molar-refractivity contribution >= 4 is 0 Å². The van der Waals surface area contributed by atoms with Crippen LogP contribution in [-0.4, -0.2) is 11.5 Å². The number of rotatable bonds is 6. The highest BCUT2D eigenvalue weighted by Crippen LogP contribution is 2.23. The Morgan fingerprint density at radius 2 is 2.05 bits per heavy atom. The lowest BCUT2D eigenvalue weighted by molar-refractivity contribution is 0.506. The van der Waals surface area contributed by atoms with Gasteiger partial charge in [-0.05, 0) is 55.1 Å². The zero-order chi connectivity index (χ0) is 15.2. The van der Waals surface area contributed by atoms with Crippen molar-refractivity contribution in [1.29, 1.82) is 0 Å². The summed E-state index contributed by atoms with van der Waals surface area (Å²) in [5.41, 5.74) is 2.68. The highest BCUT2D eigenvalue weighted by molar-refractivity contribution is 5.29. The van der Waals surface area contributed by atoms with Crippen LogP contribution in [0, 0.1) is 18.6 Å². The molecule has 1 N–H and O–H groups in total. The molecular formula is C17H20F2N2. The first-order chi connectivity index (χ1) is 10.1. The van der Waals surface area contributed by atoms with Gasteiger partial charge in [-0.1, -0.05) is 13.0 Å². The fourth-order valence-corrected chi connectivity index (χ4v) is 2.39. The summed E-state index contributed by atoms with van der Waals surface area (Å²) in [6.45, 7) is 4.92. The lowest BCUT2D eigenvalue weighted by Gasteiger charge is -2.21. The highest BCUT2D eigenvalue weighted by atomic mass is 19.1. The number of halogens is 2. The first-order valence-electron chi connectivity index (χ1n) is 7.19. The molecule has 112 valence electrons. The van der Waals surface area contributed by atoms with E-state index in [1.807, 2.05) is 13.0 Å². The van der Waals surface area contributed by atoms with Crippen LogP contribution in [-0.2, 0) is 6.42 Å². The van der Waals surface area contributed by atoms with E-state index < -0.39 is 11.6 Å². The SMILES string of the molecule is CCCNC(Cc1ccc(F)cc1F)c1ccncc1C. The highest BCUT2D eigenvalue weighted by Gasteiger charge is 2.16. The molecule has 1 atom stereocenters. The van der Waals surface area contributed by atoms with Crippen molar-refractivity contribution in [3.05, 3.63) is 65.0 Å². The Hall–Kier alpha value is -1.81. The van der Waals surface area contributed by atoms with Gasteiger partial charge in [0.25, 0.3) is 0 Å². The zero-order valence-corrected chi connectivity index (χ0v) is 12.4. The van der Waals surface area contributed by atoms with E-state index >= 15 is 0 Å². The van der Waals surface area contributed by atoms with Gasteiger partial charge in [-0.2, -0.15) is 0 Å². The van der Waals surface area contributed by atoms with E-state index in [9.17, 15) is 8.78 Å². The van der Waals surface area contributed by atoms with Gasteiger partial charge in [-0.3, -0.25) is 4.98 Å². The maximum atomic E-state index is 13.9. The molecule has 0 amide bonds. The van der Waals surface area contributed by atoms with Gasteiger partial charge in [0.1, 0.15) is 11.6 Å². The van der Waals surface area contributed by atoms with Crippen LogP contribution in [0.3, 0.4) is 0 Å². The Bertz CT molecular complexity index is 599. The molecule has 0 saturated carbocycles. The summed E-state index contributed by atoms with van der Waals surface area (Å²) in [5, 5.41) is 3.43. The van der Waals surface area contributed by atoms with Gasteiger partial charge >= 0.3 is 0 Å². The number of aryl methyl sites for hydroxylation is 1. The smallest absolute Gasteiger partial charge is 0.129 e. The summed E-state index contributed by atoms with van der Waals surface area (Å²) in [4.78, 5) is 4.09. The van der Waals surface area contributed by atoms with Gasteiger partial charge in [-0.15, -0.1) is 0 Å². The van der Waals surface area contributed by atoms with Gasteiger partial charge in [0, 0.05) is 24.5 Å². The largest absolute Gasteiger partial charge is 0.310 e. The summed E-state index contributed by atoms with van der Waals surface area (Å²) < 4.78 is 26.9. The Labute approximate surface area is 124 Å². The molecule has 1 aromatic heterocycles. The third-order valence-corrected chi connectivity index (χ3v) is 3.52. The molecule has 1 aromatic carbocycles. The summed E-state index contributed by atoms with van der Waals surface area (Å²) in [6.07, 6.45) is 5.02. The lowest BCUT2D eigenvalue weighted by atomic mass is 9.96. The van der Waals surface area contributed by atoms with Crippen LogP contribution >= 0.6 is 0 Å². The number of hydrogen-bond donors (Lipinski definition) is 1. The van der Waals surface area contributed by atoms with Gasteiger partial charge in [-0.25, -0.2) is 8.78 Å². The Kier molecular flexibility index (Phi) is 5.39. The average Bonchev–Trinajstić information content (AvgIpc) is 2.46. The second-order valence-corrected chi connectivity index (χ2v) is 5.18. The third-order valence-electron chi connectivity index (χ3n) is 3.52. The monoisotopic (exact) mass is 290 g/mol. The molecule has 0 aliphatic carbocycles. The second-order valence-electron chi connectivity index (χ2n) is 5.18. The molecule has 4 heteroatoms. The van der Waals surface area contributed by atoms with Gasteiger partial charge in [0.05, 0.1) is 0 Å². The number of hydrogen-bond acceptors (Lipinski definition) is 2. The molecule has 0 spiro atoms. The number of aromatic nitrogens is 1. The van der Waals surface area contributed by atoms with E-state index in [0.29, 0.717) is 12.0 Å². The Morgan fingerprint density at radius 1 is 1.24 bits per heavy atom. The molecule has 2 rings (SSSR count). The molecule has 0 aliphatic heterocycles. The molecule has 1 unspecified atom stereocenters. The number of nitrogens with one attached hydrogen (secondary N) is 1. The second kappa shape index (κ2) is 7.27. The number of pyridine rings is 1. The van der Waals surface area contributed by atoms with E-state index in [2.05, 4.69) is 17.2 Å². The first-order valence-corrected chi connectivity index (χ1v) is 7.19. The molecule has 2 nitrogen and oxygen atoms in total. The predicted molar refractivity (Wildman–Crippen MR) is 80.1 cm³/mol. The minimum Gasteiger partial charge on any atom is -0.310 e. The van der Waals surface area contributed by atoms with Crippen molar-refractivity contribution in [3.8, 4) is 0 Å². The molecule has 2 aromatic rings. The van der Waals surface area contributed by atoms with Crippen LogP contribution in [0.5, 0.6) is 0 Å². The molecule has 0 bridgehead atoms. The topological polar surface area (TPSA) is 24.9 Å². The summed E-state index contributed by atoms with van der Waals surface area (Å²) in [6, 6.07) is 5.69. The van der Waals surface area contributed by atoms with Crippen molar-refractivity contribution < 1.29 is 8.78 Å². The normalized spacial score (nSPS) is 12.4. The fourth-order valence-electron chi connectivity index (χ4n) is 2.39. The van der Waals surface area contributed by atoms with Gasteiger partial charge in [0.15, 0.2) is 0 Å². The summed E-state index contributed by atoms with van der Waals surface area (Å²) in [5.74, 6) is -1.04. The molecule has 0 aliphatic rings. The van der Waals surface area contributed by atoms with Crippen LogP contribution < -0.4 is 5.32 Å². The van der Waals surface area contributed by atoms with Gasteiger partial charge < -0.3 is 5.32 Å². The molecule has 0 radical (unpaired) electrons. The molecule has 0 fully saturated rings. The predicted octanol–water partition coefficient (Wildman–Crippen LogP) is 3.95. The van der Waals surface area contributed by atoms with Crippen LogP contribution in [0.25, 0.3) is 0 Å². The quantitative estimate of drug-likeness (QED) is 0.871. The van der Waals surface area contributed by atoms with Crippen LogP contribution in [0.2, 0.25) is 0 Å². The van der Waals surface area contributed by atoms with Crippen LogP contribution in [0.15, 0.2) is 36.7 Å². The Balaban J connectivity index is 2.26. The van der Waals surface area contributed by atoms with Crippen molar-refractivity contribution in [2.75, 3.05) is 6.54 Å². The lowest BCUT2D eigenvalue weighted by Crippen LogP contribution is -2.25. The van der Waals surface area contributed by atoms with E-state index in [0.717, 1.165) is 30.2 Å². The summed E-state index contributed by atoms with van der Waals surface area (Å²) in [7, 11) is 0. The maximum Gasteiger partial charge on any atom is 0.129 e. The van der Waals surface area contributed by atoms with Crippen molar-refractivity contribution in [3.63, 3.8) is 0 Å². The molecular weight excluding hydrogens is 270 g/mol. The minimum absolute atomic E-state index is 0.00656. The molecule has 1 heterocycles. The molecule has 21 heavy (non-hydrogen) atoms. The maximum absolute atomic E-state index is 13.9. The third kappa shape index (κ3) is 4.08. The summed E-state index contributed by atoms with van der Waals surface area (Å²) >= 11 is 0.